The van der Waals surface area contributed by atoms with Crippen molar-refractivity contribution < 1.29 is 9.59 Å². The Hall–Kier alpha value is -2.78. The average molecular weight is 489 g/mol. The molecule has 33 heavy (non-hydrogen) atoms. The molecule has 5 N–H and O–H groups in total. The van der Waals surface area contributed by atoms with Crippen molar-refractivity contribution in [3.8, 4) is 5.69 Å². The number of nitrogens with one attached hydrogen (secondary N) is 1. The monoisotopic (exact) mass is 488 g/mol. The molecule has 0 radical (unpaired) electrons. The number of amides is 1. The molecule has 3 rings (SSSR count). The van der Waals surface area contributed by atoms with E-state index >= 15 is 0 Å². The maximum absolute atomic E-state index is 13.3. The van der Waals surface area contributed by atoms with Crippen LogP contribution in [0.15, 0.2) is 42.5 Å². The number of benzene rings is 2. The van der Waals surface area contributed by atoms with Gasteiger partial charge in [-0.25, -0.2) is 0 Å². The quantitative estimate of drug-likeness (QED) is 0.296. The van der Waals surface area contributed by atoms with E-state index in [-0.39, 0.29) is 18.2 Å². The molecule has 1 amide bonds. The molecule has 0 aliphatic rings. The summed E-state index contributed by atoms with van der Waals surface area (Å²) in [6.45, 7) is 2.41. The Morgan fingerprint density at radius 3 is 2.58 bits per heavy atom. The molecule has 0 unspecified atom stereocenters. The number of halogens is 2. The highest BCUT2D eigenvalue weighted by Gasteiger charge is 2.22. The van der Waals surface area contributed by atoms with Crippen LogP contribution in [0.3, 0.4) is 0 Å². The summed E-state index contributed by atoms with van der Waals surface area (Å²) in [6, 6.07) is 11.1. The number of rotatable bonds is 10. The van der Waals surface area contributed by atoms with E-state index in [4.69, 9.17) is 34.7 Å². The highest BCUT2D eigenvalue weighted by molar-refractivity contribution is 6.35. The molecular weight excluding hydrogens is 463 g/mol. The topological polar surface area (TPSA) is 129 Å². The lowest BCUT2D eigenvalue weighted by Gasteiger charge is -2.16. The van der Waals surface area contributed by atoms with Gasteiger partial charge in [0.05, 0.1) is 23.3 Å². The number of nitrogens with zero attached hydrogens (tertiary/aromatic N) is 3. The first-order valence-electron chi connectivity index (χ1n) is 10.6. The fourth-order valence-corrected chi connectivity index (χ4v) is 3.84. The Morgan fingerprint density at radius 2 is 1.85 bits per heavy atom. The van der Waals surface area contributed by atoms with Crippen molar-refractivity contribution in [3.05, 3.63) is 75.3 Å². The third-order valence-electron chi connectivity index (χ3n) is 5.18. The van der Waals surface area contributed by atoms with Gasteiger partial charge < -0.3 is 16.8 Å². The van der Waals surface area contributed by atoms with Crippen LogP contribution >= 0.6 is 23.2 Å². The minimum absolute atomic E-state index is 0.0899. The Kier molecular flexibility index (Phi) is 8.57. The predicted octanol–water partition coefficient (Wildman–Crippen LogP) is 3.19. The molecule has 0 bridgehead atoms. The van der Waals surface area contributed by atoms with Gasteiger partial charge >= 0.3 is 0 Å². The number of ketones is 1. The van der Waals surface area contributed by atoms with Crippen LogP contribution in [0.2, 0.25) is 10.0 Å². The van der Waals surface area contributed by atoms with Crippen LogP contribution in [0.25, 0.3) is 5.69 Å². The molecule has 0 fully saturated rings. The fraction of sp³-hybridized carbons (Fsp3) is 0.304. The number of hydrogen-bond donors (Lipinski definition) is 3. The Labute approximate surface area is 202 Å². The standard InChI is InChI=1S/C23H26Cl2N6O2/c1-14-29-30-21(13-28-23(33)19(27)8-4-5-11-26)31(14)20-10-9-15(24)12-17(20)22(32)16-6-2-3-7-18(16)25/h2-3,6-7,9-10,12,19H,4-5,8,11,13,26-27H2,1H3,(H,28,33)/t19-/m0/s1. The summed E-state index contributed by atoms with van der Waals surface area (Å²) >= 11 is 12.5. The maximum atomic E-state index is 13.3. The zero-order valence-corrected chi connectivity index (χ0v) is 19.7. The van der Waals surface area contributed by atoms with Crippen molar-refractivity contribution in [2.24, 2.45) is 11.5 Å². The van der Waals surface area contributed by atoms with E-state index < -0.39 is 6.04 Å². The molecule has 10 heteroatoms. The molecule has 0 aliphatic heterocycles. The molecule has 174 valence electrons. The van der Waals surface area contributed by atoms with E-state index in [1.165, 1.54) is 0 Å². The van der Waals surface area contributed by atoms with Crippen LogP contribution in [0, 0.1) is 6.92 Å². The second kappa shape index (κ2) is 11.4. The minimum Gasteiger partial charge on any atom is -0.347 e. The molecule has 0 spiro atoms. The van der Waals surface area contributed by atoms with Crippen molar-refractivity contribution in [1.29, 1.82) is 0 Å². The zero-order valence-electron chi connectivity index (χ0n) is 18.2. The molecule has 1 aromatic heterocycles. The van der Waals surface area contributed by atoms with Crippen LogP contribution < -0.4 is 16.8 Å². The first-order chi connectivity index (χ1) is 15.8. The van der Waals surface area contributed by atoms with Crippen molar-refractivity contribution >= 4 is 34.9 Å². The van der Waals surface area contributed by atoms with Gasteiger partial charge in [0.25, 0.3) is 0 Å². The van der Waals surface area contributed by atoms with Crippen LogP contribution in [0.4, 0.5) is 0 Å². The van der Waals surface area contributed by atoms with Gasteiger partial charge in [0, 0.05) is 16.1 Å². The minimum atomic E-state index is -0.637. The van der Waals surface area contributed by atoms with Crippen LogP contribution in [-0.2, 0) is 11.3 Å². The molecular formula is C23H26Cl2N6O2. The maximum Gasteiger partial charge on any atom is 0.237 e. The fourth-order valence-electron chi connectivity index (χ4n) is 3.45. The molecule has 8 nitrogen and oxygen atoms in total. The van der Waals surface area contributed by atoms with Crippen molar-refractivity contribution in [3.63, 3.8) is 0 Å². The van der Waals surface area contributed by atoms with Gasteiger partial charge in [0.15, 0.2) is 11.6 Å². The summed E-state index contributed by atoms with van der Waals surface area (Å²) in [4.78, 5) is 25.7. The van der Waals surface area contributed by atoms with Crippen molar-refractivity contribution in [2.75, 3.05) is 6.54 Å². The Morgan fingerprint density at radius 1 is 1.09 bits per heavy atom. The summed E-state index contributed by atoms with van der Waals surface area (Å²) in [7, 11) is 0. The first kappa shape index (κ1) is 24.9. The number of carbonyl (C=O) groups is 2. The van der Waals surface area contributed by atoms with E-state index in [0.717, 1.165) is 12.8 Å². The highest BCUT2D eigenvalue weighted by atomic mass is 35.5. The molecule has 2 aromatic carbocycles. The lowest BCUT2D eigenvalue weighted by Crippen LogP contribution is -2.40. The van der Waals surface area contributed by atoms with E-state index in [1.807, 2.05) is 0 Å². The SMILES string of the molecule is Cc1nnc(CNC(=O)[C@@H](N)CCCCN)n1-c1ccc(Cl)cc1C(=O)c1ccccc1Cl. The summed E-state index contributed by atoms with van der Waals surface area (Å²) in [5.74, 6) is 0.415. The molecule has 0 aliphatic carbocycles. The van der Waals surface area contributed by atoms with E-state index in [0.29, 0.717) is 51.5 Å². The average Bonchev–Trinajstić information content (AvgIpc) is 3.17. The molecule has 0 saturated carbocycles. The summed E-state index contributed by atoms with van der Waals surface area (Å²) in [6.07, 6.45) is 2.13. The molecule has 3 aromatic rings. The number of carbonyl (C=O) groups excluding carboxylic acids is 2. The summed E-state index contributed by atoms with van der Waals surface area (Å²) < 4.78 is 1.71. The Balaban J connectivity index is 1.89. The first-order valence-corrected chi connectivity index (χ1v) is 11.3. The molecule has 1 heterocycles. The van der Waals surface area contributed by atoms with Crippen LogP contribution in [-0.4, -0.2) is 39.0 Å². The van der Waals surface area contributed by atoms with Crippen molar-refractivity contribution in [1.82, 2.24) is 20.1 Å². The number of aryl methyl sites for hydroxylation is 1. The van der Waals surface area contributed by atoms with E-state index in [2.05, 4.69) is 15.5 Å². The van der Waals surface area contributed by atoms with Gasteiger partial charge in [-0.15, -0.1) is 10.2 Å². The smallest absolute Gasteiger partial charge is 0.237 e. The van der Waals surface area contributed by atoms with E-state index in [1.54, 1.807) is 54.0 Å². The number of nitrogens with two attached hydrogens (primary N) is 2. The predicted molar refractivity (Wildman–Crippen MR) is 129 cm³/mol. The normalized spacial score (nSPS) is 11.9. The highest BCUT2D eigenvalue weighted by Crippen LogP contribution is 2.27. The second-order valence-corrected chi connectivity index (χ2v) is 8.42. The number of aromatic nitrogens is 3. The molecule has 1 atom stereocenters. The third-order valence-corrected chi connectivity index (χ3v) is 5.75. The third kappa shape index (κ3) is 5.97. The van der Waals surface area contributed by atoms with Gasteiger partial charge in [0.2, 0.25) is 5.91 Å². The summed E-state index contributed by atoms with van der Waals surface area (Å²) in [5, 5.41) is 11.9. The second-order valence-electron chi connectivity index (χ2n) is 7.58. The van der Waals surface area contributed by atoms with Gasteiger partial charge in [-0.05, 0) is 56.6 Å². The van der Waals surface area contributed by atoms with Crippen LogP contribution in [0.5, 0.6) is 0 Å². The van der Waals surface area contributed by atoms with Gasteiger partial charge in [-0.1, -0.05) is 41.8 Å². The largest absolute Gasteiger partial charge is 0.347 e. The van der Waals surface area contributed by atoms with Gasteiger partial charge in [-0.2, -0.15) is 0 Å². The molecule has 0 saturated heterocycles. The van der Waals surface area contributed by atoms with E-state index in [9.17, 15) is 9.59 Å². The summed E-state index contributed by atoms with van der Waals surface area (Å²) in [5.41, 5.74) is 12.7. The Bertz CT molecular complexity index is 1150. The van der Waals surface area contributed by atoms with Gasteiger partial charge in [-0.3, -0.25) is 14.2 Å². The van der Waals surface area contributed by atoms with Crippen molar-refractivity contribution in [2.45, 2.75) is 38.8 Å². The lowest BCUT2D eigenvalue weighted by molar-refractivity contribution is -0.122. The van der Waals surface area contributed by atoms with Crippen LogP contribution in [0.1, 0.15) is 46.8 Å². The number of unbranched alkanes of at least 4 members (excludes halogenated alkanes) is 1. The lowest BCUT2D eigenvalue weighted by atomic mass is 10.0. The number of hydrogen-bond acceptors (Lipinski definition) is 6. The van der Waals surface area contributed by atoms with Gasteiger partial charge in [0.1, 0.15) is 5.82 Å². The zero-order chi connectivity index (χ0) is 24.0.